The van der Waals surface area contributed by atoms with E-state index in [1.807, 2.05) is 6.07 Å². The van der Waals surface area contributed by atoms with Crippen molar-refractivity contribution in [2.75, 3.05) is 12.3 Å². The minimum atomic E-state index is 0.232. The summed E-state index contributed by atoms with van der Waals surface area (Å²) in [6.45, 7) is 1.86. The van der Waals surface area contributed by atoms with Crippen molar-refractivity contribution in [3.05, 3.63) is 33.2 Å². The molecule has 5 rings (SSSR count). The monoisotopic (exact) mass is 534 g/mol. The lowest BCUT2D eigenvalue weighted by Crippen LogP contribution is -2.17. The first-order chi connectivity index (χ1) is 14.6. The van der Waals surface area contributed by atoms with Crippen LogP contribution in [0.2, 0.25) is 0 Å². The topological polar surface area (TPSA) is 98.7 Å². The zero-order valence-electron chi connectivity index (χ0n) is 16.5. The number of nitrogens with one attached hydrogen (secondary N) is 1. The summed E-state index contributed by atoms with van der Waals surface area (Å²) in [6, 6.07) is 4.89. The summed E-state index contributed by atoms with van der Waals surface area (Å²) in [5.41, 5.74) is 9.50. The Morgan fingerprint density at radius 1 is 1.23 bits per heavy atom. The van der Waals surface area contributed by atoms with E-state index < -0.39 is 0 Å². The van der Waals surface area contributed by atoms with Gasteiger partial charge in [-0.3, -0.25) is 4.79 Å². The van der Waals surface area contributed by atoms with E-state index in [4.69, 9.17) is 10.7 Å². The highest BCUT2D eigenvalue weighted by Crippen LogP contribution is 2.37. The summed E-state index contributed by atoms with van der Waals surface area (Å²) < 4.78 is 3.28. The smallest absolute Gasteiger partial charge is 0.175 e. The van der Waals surface area contributed by atoms with Gasteiger partial charge in [-0.25, -0.2) is 15.0 Å². The molecule has 0 amide bonds. The van der Waals surface area contributed by atoms with Crippen LogP contribution in [0.5, 0.6) is 0 Å². The number of ketones is 1. The number of aryl methyl sites for hydroxylation is 2. The van der Waals surface area contributed by atoms with Crippen LogP contribution in [0.3, 0.4) is 0 Å². The van der Waals surface area contributed by atoms with Gasteiger partial charge in [-0.05, 0) is 78.9 Å². The van der Waals surface area contributed by atoms with Crippen molar-refractivity contribution in [3.8, 4) is 0 Å². The first kappa shape index (κ1) is 20.2. The quantitative estimate of drug-likeness (QED) is 0.335. The summed E-state index contributed by atoms with van der Waals surface area (Å²) in [4.78, 5) is 26.6. The van der Waals surface area contributed by atoms with Crippen molar-refractivity contribution in [3.63, 3.8) is 0 Å². The van der Waals surface area contributed by atoms with Crippen LogP contribution in [0.15, 0.2) is 28.5 Å². The molecule has 1 aromatic carbocycles. The predicted molar refractivity (Wildman–Crippen MR) is 126 cm³/mol. The Morgan fingerprint density at radius 2 is 2.10 bits per heavy atom. The second-order valence-corrected chi connectivity index (χ2v) is 10.0. The maximum atomic E-state index is 12.2. The maximum Gasteiger partial charge on any atom is 0.175 e. The van der Waals surface area contributed by atoms with Gasteiger partial charge in [0.2, 0.25) is 0 Å². The highest BCUT2D eigenvalue weighted by atomic mass is 127. The minimum Gasteiger partial charge on any atom is -0.382 e. The molecule has 1 fully saturated rings. The number of carbonyl (C=O) groups excluding carboxylic acids is 1. The highest BCUT2D eigenvalue weighted by Gasteiger charge is 2.23. The minimum absolute atomic E-state index is 0.232. The van der Waals surface area contributed by atoms with Gasteiger partial charge in [-0.1, -0.05) is 11.8 Å². The van der Waals surface area contributed by atoms with Gasteiger partial charge < -0.3 is 15.6 Å². The molecule has 7 nitrogen and oxygen atoms in total. The molecule has 0 unspecified atom stereocenters. The molecule has 30 heavy (non-hydrogen) atoms. The number of hydrogen-bond donors (Lipinski definition) is 2. The molecule has 3 N–H and O–H groups in total. The molecule has 0 atom stereocenters. The van der Waals surface area contributed by atoms with E-state index in [9.17, 15) is 4.79 Å². The van der Waals surface area contributed by atoms with Crippen LogP contribution >= 0.6 is 34.4 Å². The van der Waals surface area contributed by atoms with Crippen LogP contribution in [-0.2, 0) is 13.0 Å². The first-order valence-electron chi connectivity index (χ1n) is 10.3. The largest absolute Gasteiger partial charge is 0.382 e. The lowest BCUT2D eigenvalue weighted by molar-refractivity contribution is 0.0994. The van der Waals surface area contributed by atoms with E-state index in [2.05, 4.69) is 48.5 Å². The maximum absolute atomic E-state index is 12.2. The van der Waals surface area contributed by atoms with Gasteiger partial charge in [0.1, 0.15) is 6.33 Å². The Morgan fingerprint density at radius 3 is 2.93 bits per heavy atom. The number of carbonyl (C=O) groups is 1. The van der Waals surface area contributed by atoms with E-state index >= 15 is 0 Å². The van der Waals surface area contributed by atoms with Crippen LogP contribution in [0, 0.1) is 3.57 Å². The van der Waals surface area contributed by atoms with E-state index in [-0.39, 0.29) is 5.78 Å². The lowest BCUT2D eigenvalue weighted by Gasteiger charge is -2.11. The first-order valence-corrected chi connectivity index (χ1v) is 12.2. The van der Waals surface area contributed by atoms with Gasteiger partial charge in [-0.15, -0.1) is 0 Å². The summed E-state index contributed by atoms with van der Waals surface area (Å²) in [5.74, 6) is 0.629. The SMILES string of the molecule is Nc1ncnc2c1nc(Sc1cc3c(cc1I)CCC3=O)n2CCCCNC1CC1. The molecule has 0 saturated heterocycles. The number of hydrogen-bond acceptors (Lipinski definition) is 7. The fourth-order valence-electron chi connectivity index (χ4n) is 3.82. The number of fused-ring (bicyclic) bond motifs is 2. The number of halogens is 1. The third kappa shape index (κ3) is 4.06. The van der Waals surface area contributed by atoms with Gasteiger partial charge >= 0.3 is 0 Å². The number of benzene rings is 1. The number of unbranched alkanes of at least 4 members (excludes halogenated alkanes) is 1. The number of nitrogens with zero attached hydrogens (tertiary/aromatic N) is 4. The van der Waals surface area contributed by atoms with E-state index in [1.54, 1.807) is 11.8 Å². The molecule has 2 aliphatic rings. The molecule has 2 heterocycles. The van der Waals surface area contributed by atoms with Crippen LogP contribution in [0.25, 0.3) is 11.2 Å². The highest BCUT2D eigenvalue weighted by molar-refractivity contribution is 14.1. The average Bonchev–Trinajstić information content (AvgIpc) is 3.40. The van der Waals surface area contributed by atoms with E-state index in [0.29, 0.717) is 17.8 Å². The van der Waals surface area contributed by atoms with Crippen LogP contribution < -0.4 is 11.1 Å². The van der Waals surface area contributed by atoms with E-state index in [1.165, 1.54) is 19.2 Å². The molecule has 9 heteroatoms. The summed E-state index contributed by atoms with van der Waals surface area (Å²) in [6.07, 6.45) is 7.70. The molecule has 0 aliphatic heterocycles. The Hall–Kier alpha value is -1.72. The normalized spacial score (nSPS) is 15.8. The third-order valence-corrected chi connectivity index (χ3v) is 7.94. The average molecular weight is 534 g/mol. The Kier molecular flexibility index (Phi) is 5.67. The summed E-state index contributed by atoms with van der Waals surface area (Å²) >= 11 is 3.92. The molecule has 0 spiro atoms. The third-order valence-electron chi connectivity index (χ3n) is 5.62. The van der Waals surface area contributed by atoms with Gasteiger partial charge in [0.25, 0.3) is 0 Å². The number of nitrogens with two attached hydrogens (primary N) is 1. The number of aromatic nitrogens is 4. The van der Waals surface area contributed by atoms with Crippen molar-refractivity contribution in [1.29, 1.82) is 0 Å². The zero-order chi connectivity index (χ0) is 20.7. The van der Waals surface area contributed by atoms with Crippen LogP contribution in [0.4, 0.5) is 5.82 Å². The van der Waals surface area contributed by atoms with Crippen LogP contribution in [0.1, 0.15) is 48.0 Å². The number of imidazole rings is 1. The summed E-state index contributed by atoms with van der Waals surface area (Å²) in [5, 5.41) is 4.41. The fraction of sp³-hybridized carbons (Fsp3) is 0.429. The molecule has 3 aromatic rings. The van der Waals surface area contributed by atoms with Crippen LogP contribution in [-0.4, -0.2) is 37.9 Å². The van der Waals surface area contributed by atoms with Gasteiger partial charge in [0.05, 0.1) is 0 Å². The van der Waals surface area contributed by atoms with Crippen molar-refractivity contribution in [2.24, 2.45) is 0 Å². The molecule has 0 radical (unpaired) electrons. The number of Topliss-reactive ketones (excluding diaryl/α,β-unsaturated/α-hetero) is 1. The van der Waals surface area contributed by atoms with Gasteiger partial charge in [0.15, 0.2) is 27.9 Å². The van der Waals surface area contributed by atoms with Crippen molar-refractivity contribution in [1.82, 2.24) is 24.8 Å². The zero-order valence-corrected chi connectivity index (χ0v) is 19.5. The molecule has 1 saturated carbocycles. The van der Waals surface area contributed by atoms with Crippen molar-refractivity contribution < 1.29 is 4.79 Å². The molecule has 2 aliphatic carbocycles. The Balaban J connectivity index is 1.42. The standard InChI is InChI=1S/C21H23IN6OS/c22-15-9-12-3-6-16(29)14(12)10-17(15)30-21-27-18-19(23)25-11-26-20(18)28(21)8-2-1-7-24-13-4-5-13/h9-11,13,24H,1-8H2,(H2,23,25,26). The number of rotatable bonds is 8. The summed E-state index contributed by atoms with van der Waals surface area (Å²) in [7, 11) is 0. The van der Waals surface area contributed by atoms with Gasteiger partial charge in [-0.2, -0.15) is 0 Å². The van der Waals surface area contributed by atoms with E-state index in [0.717, 1.165) is 68.8 Å². The number of nitrogen functional groups attached to an aromatic ring is 1. The second kappa shape index (κ2) is 8.43. The molecular weight excluding hydrogens is 511 g/mol. The Labute approximate surface area is 192 Å². The van der Waals surface area contributed by atoms with Gasteiger partial charge in [0, 0.05) is 33.0 Å². The predicted octanol–water partition coefficient (Wildman–Crippen LogP) is 3.83. The molecule has 0 bridgehead atoms. The molecule has 156 valence electrons. The van der Waals surface area contributed by atoms with Crippen molar-refractivity contribution in [2.45, 2.75) is 61.2 Å². The Bertz CT molecular complexity index is 1130. The molecule has 2 aromatic heterocycles. The number of anilines is 1. The fourth-order valence-corrected chi connectivity index (χ4v) is 5.64. The van der Waals surface area contributed by atoms with Crippen molar-refractivity contribution >= 4 is 57.1 Å². The lowest BCUT2D eigenvalue weighted by atomic mass is 10.1. The molecular formula is C21H23IN6OS. The second-order valence-electron chi connectivity index (χ2n) is 7.88.